The first-order chi connectivity index (χ1) is 13.7. The molecule has 0 spiro atoms. The average molecular weight is 380 g/mol. The molecular formula is C20H14F2N4O2. The van der Waals surface area contributed by atoms with Crippen LogP contribution >= 0.6 is 0 Å². The van der Waals surface area contributed by atoms with Crippen LogP contribution in [-0.4, -0.2) is 19.9 Å². The molecular weight excluding hydrogens is 366 g/mol. The summed E-state index contributed by atoms with van der Waals surface area (Å²) in [7, 11) is 0. The zero-order chi connectivity index (χ0) is 19.1. The van der Waals surface area contributed by atoms with E-state index in [0.717, 1.165) is 11.3 Å². The fourth-order valence-electron chi connectivity index (χ4n) is 3.19. The quantitative estimate of drug-likeness (QED) is 0.534. The topological polar surface area (TPSA) is 66.0 Å². The van der Waals surface area contributed by atoms with E-state index in [1.807, 2.05) is 0 Å². The smallest absolute Gasteiger partial charge is 0.278 e. The van der Waals surface area contributed by atoms with Crippen molar-refractivity contribution in [2.75, 3.05) is 0 Å². The van der Waals surface area contributed by atoms with Crippen molar-refractivity contribution < 1.29 is 18.0 Å². The van der Waals surface area contributed by atoms with E-state index in [-0.39, 0.29) is 29.2 Å². The molecule has 5 rings (SSSR count). The summed E-state index contributed by atoms with van der Waals surface area (Å²) in [5.41, 5.74) is 2.50. The number of benzene rings is 2. The van der Waals surface area contributed by atoms with Gasteiger partial charge in [-0.15, -0.1) is 0 Å². The van der Waals surface area contributed by atoms with Crippen LogP contribution < -0.4 is 0 Å². The molecule has 28 heavy (non-hydrogen) atoms. The molecule has 0 aliphatic carbocycles. The van der Waals surface area contributed by atoms with E-state index >= 15 is 0 Å². The molecule has 8 heteroatoms. The Morgan fingerprint density at radius 3 is 2.68 bits per heavy atom. The number of ether oxygens (including phenoxy) is 1. The molecule has 0 radical (unpaired) electrons. The number of nitrogens with zero attached hydrogens (tertiary/aromatic N) is 4. The molecule has 4 aromatic rings. The number of halogens is 2. The maximum atomic E-state index is 13.9. The number of fused-ring (bicyclic) bond motifs is 1. The zero-order valence-electron chi connectivity index (χ0n) is 14.5. The minimum atomic E-state index is -0.422. The van der Waals surface area contributed by atoms with E-state index in [1.54, 1.807) is 41.1 Å². The lowest BCUT2D eigenvalue weighted by molar-refractivity contribution is -0.00116. The van der Waals surface area contributed by atoms with Gasteiger partial charge in [-0.2, -0.15) is 10.1 Å². The van der Waals surface area contributed by atoms with E-state index in [1.165, 1.54) is 18.2 Å². The van der Waals surface area contributed by atoms with Gasteiger partial charge in [0.2, 0.25) is 5.82 Å². The Hall–Kier alpha value is -3.39. The van der Waals surface area contributed by atoms with Crippen LogP contribution in [0.25, 0.3) is 23.0 Å². The summed E-state index contributed by atoms with van der Waals surface area (Å²) < 4.78 is 40.0. The second kappa shape index (κ2) is 6.65. The van der Waals surface area contributed by atoms with Crippen molar-refractivity contribution in [3.8, 4) is 23.0 Å². The highest BCUT2D eigenvalue weighted by Gasteiger charge is 2.24. The summed E-state index contributed by atoms with van der Waals surface area (Å²) in [5, 5.41) is 8.37. The van der Waals surface area contributed by atoms with E-state index in [0.29, 0.717) is 18.8 Å². The van der Waals surface area contributed by atoms with Crippen LogP contribution in [-0.2, 0) is 17.9 Å². The van der Waals surface area contributed by atoms with Crippen LogP contribution in [0.4, 0.5) is 8.78 Å². The van der Waals surface area contributed by atoms with Gasteiger partial charge in [0.1, 0.15) is 17.7 Å². The van der Waals surface area contributed by atoms with Gasteiger partial charge in [0.25, 0.3) is 5.89 Å². The maximum Gasteiger partial charge on any atom is 0.278 e. The van der Waals surface area contributed by atoms with Gasteiger partial charge < -0.3 is 9.26 Å². The molecule has 0 N–H and O–H groups in total. The Morgan fingerprint density at radius 2 is 1.86 bits per heavy atom. The third-order valence-electron chi connectivity index (χ3n) is 4.64. The fraction of sp³-hybridized carbons (Fsp3) is 0.150. The normalized spacial score (nSPS) is 16.1. The van der Waals surface area contributed by atoms with E-state index in [4.69, 9.17) is 9.26 Å². The summed E-state index contributed by atoms with van der Waals surface area (Å²) >= 11 is 0. The first-order valence-electron chi connectivity index (χ1n) is 8.70. The second-order valence-electron chi connectivity index (χ2n) is 6.46. The third-order valence-corrected chi connectivity index (χ3v) is 4.64. The van der Waals surface area contributed by atoms with Crippen molar-refractivity contribution in [1.29, 1.82) is 0 Å². The van der Waals surface area contributed by atoms with Crippen LogP contribution in [0.3, 0.4) is 0 Å². The lowest BCUT2D eigenvalue weighted by Gasteiger charge is -2.24. The lowest BCUT2D eigenvalue weighted by atomic mass is 10.1. The molecule has 0 amide bonds. The van der Waals surface area contributed by atoms with Crippen molar-refractivity contribution in [1.82, 2.24) is 19.9 Å². The van der Waals surface area contributed by atoms with Crippen molar-refractivity contribution in [3.05, 3.63) is 77.5 Å². The minimum absolute atomic E-state index is 0.166. The van der Waals surface area contributed by atoms with Gasteiger partial charge in [-0.25, -0.2) is 8.78 Å². The van der Waals surface area contributed by atoms with Crippen LogP contribution in [0.1, 0.15) is 17.4 Å². The molecule has 3 heterocycles. The molecule has 1 unspecified atom stereocenters. The summed E-state index contributed by atoms with van der Waals surface area (Å²) in [6.07, 6.45) is -0.225. The van der Waals surface area contributed by atoms with Crippen molar-refractivity contribution in [2.45, 2.75) is 19.3 Å². The van der Waals surface area contributed by atoms with Gasteiger partial charge in [0.05, 0.1) is 24.4 Å². The van der Waals surface area contributed by atoms with Gasteiger partial charge in [0.15, 0.2) is 5.69 Å². The second-order valence-corrected chi connectivity index (χ2v) is 6.46. The molecule has 1 aliphatic rings. The highest BCUT2D eigenvalue weighted by molar-refractivity contribution is 5.58. The van der Waals surface area contributed by atoms with Crippen molar-refractivity contribution in [3.63, 3.8) is 0 Å². The summed E-state index contributed by atoms with van der Waals surface area (Å²) in [4.78, 5) is 4.27. The maximum absolute atomic E-state index is 13.9. The molecule has 0 bridgehead atoms. The highest BCUT2D eigenvalue weighted by Crippen LogP contribution is 2.29. The number of hydrogen-bond acceptors (Lipinski definition) is 5. The molecule has 0 saturated carbocycles. The number of rotatable bonds is 3. The first-order valence-corrected chi connectivity index (χ1v) is 8.70. The molecule has 2 aromatic carbocycles. The lowest BCUT2D eigenvalue weighted by Crippen LogP contribution is -2.21. The molecule has 2 aromatic heterocycles. The molecule has 1 atom stereocenters. The Labute approximate surface area is 158 Å². The summed E-state index contributed by atoms with van der Waals surface area (Å²) in [6, 6.07) is 14.3. The predicted molar refractivity (Wildman–Crippen MR) is 94.8 cm³/mol. The Kier molecular flexibility index (Phi) is 3.98. The largest absolute Gasteiger partial charge is 0.365 e. The summed E-state index contributed by atoms with van der Waals surface area (Å²) in [6.45, 7) is 0.832. The van der Waals surface area contributed by atoms with Crippen molar-refractivity contribution >= 4 is 0 Å². The molecule has 140 valence electrons. The molecule has 6 nitrogen and oxygen atoms in total. The zero-order valence-corrected chi connectivity index (χ0v) is 14.5. The van der Waals surface area contributed by atoms with E-state index < -0.39 is 5.82 Å². The van der Waals surface area contributed by atoms with Gasteiger partial charge in [0, 0.05) is 0 Å². The van der Waals surface area contributed by atoms with Crippen molar-refractivity contribution in [2.24, 2.45) is 0 Å². The van der Waals surface area contributed by atoms with Crippen LogP contribution in [0.2, 0.25) is 0 Å². The predicted octanol–water partition coefficient (Wildman–Crippen LogP) is 4.15. The summed E-state index contributed by atoms with van der Waals surface area (Å²) in [5.74, 6) is -0.337. The van der Waals surface area contributed by atoms with Crippen LogP contribution in [0.15, 0.2) is 59.1 Å². The van der Waals surface area contributed by atoms with Crippen LogP contribution in [0.5, 0.6) is 0 Å². The SMILES string of the molecule is Fc1ccc(C2Cn3nc(-c4nc(-c5ccccc5F)no4)cc3CO2)cc1. The van der Waals surface area contributed by atoms with E-state index in [2.05, 4.69) is 15.2 Å². The monoisotopic (exact) mass is 380 g/mol. The Balaban J connectivity index is 1.41. The Bertz CT molecular complexity index is 1140. The molecule has 1 aliphatic heterocycles. The van der Waals surface area contributed by atoms with Gasteiger partial charge in [-0.05, 0) is 35.9 Å². The Morgan fingerprint density at radius 1 is 1.04 bits per heavy atom. The highest BCUT2D eigenvalue weighted by atomic mass is 19.1. The van der Waals surface area contributed by atoms with Gasteiger partial charge in [-0.1, -0.05) is 29.4 Å². The molecule has 0 saturated heterocycles. The van der Waals surface area contributed by atoms with Gasteiger partial charge >= 0.3 is 0 Å². The first kappa shape index (κ1) is 16.8. The minimum Gasteiger partial charge on any atom is -0.365 e. The van der Waals surface area contributed by atoms with Crippen LogP contribution in [0, 0.1) is 11.6 Å². The standard InChI is InChI=1S/C20H14F2N4O2/c21-13-7-5-12(6-8-13)18-10-26-14(11-27-18)9-17(24-26)20-23-19(25-28-20)15-3-1-2-4-16(15)22/h1-9,18H,10-11H2. The number of hydrogen-bond donors (Lipinski definition) is 0. The third kappa shape index (κ3) is 2.97. The van der Waals surface area contributed by atoms with Gasteiger partial charge in [-0.3, -0.25) is 4.68 Å². The average Bonchev–Trinajstić information content (AvgIpc) is 3.35. The fourth-order valence-corrected chi connectivity index (χ4v) is 3.19. The van der Waals surface area contributed by atoms with E-state index in [9.17, 15) is 8.78 Å². The molecule has 0 fully saturated rings. The number of aromatic nitrogens is 4.